The van der Waals surface area contributed by atoms with Crippen molar-refractivity contribution in [3.63, 3.8) is 0 Å². The molecule has 1 unspecified atom stereocenters. The topological polar surface area (TPSA) is 75.2 Å². The molecule has 0 aromatic carbocycles. The summed E-state index contributed by atoms with van der Waals surface area (Å²) in [5, 5.41) is 6.15. The number of amides is 1. The molecule has 1 aliphatic rings. The predicted molar refractivity (Wildman–Crippen MR) is 91.6 cm³/mol. The number of likely N-dealkylation sites (tertiary alicyclic amines) is 1. The molecule has 23 heavy (non-hydrogen) atoms. The third-order valence-corrected chi connectivity index (χ3v) is 3.67. The van der Waals surface area contributed by atoms with Gasteiger partial charge in [-0.15, -0.1) is 0 Å². The first-order valence-corrected chi connectivity index (χ1v) is 8.38. The normalized spacial score (nSPS) is 18.6. The standard InChI is InChI=1S/C16H32N4O3/c1-13(2)19-15(21)5-7-18-16(17-3)20-8-6-14(11-20)12-23-10-9-22-4/h13-14H,5-12H2,1-4H3,(H,17,18)(H,19,21). The second-order valence-corrected chi connectivity index (χ2v) is 6.11. The van der Waals surface area contributed by atoms with Gasteiger partial charge in [0.05, 0.1) is 19.8 Å². The van der Waals surface area contributed by atoms with Crippen LogP contribution in [0.25, 0.3) is 0 Å². The minimum absolute atomic E-state index is 0.0637. The third kappa shape index (κ3) is 8.18. The van der Waals surface area contributed by atoms with Crippen molar-refractivity contribution in [1.82, 2.24) is 15.5 Å². The maximum Gasteiger partial charge on any atom is 0.221 e. The summed E-state index contributed by atoms with van der Waals surface area (Å²) in [6.07, 6.45) is 1.55. The van der Waals surface area contributed by atoms with Crippen molar-refractivity contribution >= 4 is 11.9 Å². The highest BCUT2D eigenvalue weighted by atomic mass is 16.5. The van der Waals surface area contributed by atoms with Crippen LogP contribution in [0.2, 0.25) is 0 Å². The SMILES string of the molecule is CN=C(NCCC(=O)NC(C)C)N1CCC(COCCOC)C1. The highest BCUT2D eigenvalue weighted by Crippen LogP contribution is 2.16. The lowest BCUT2D eigenvalue weighted by atomic mass is 10.1. The largest absolute Gasteiger partial charge is 0.382 e. The first kappa shape index (κ1) is 19.7. The van der Waals surface area contributed by atoms with E-state index in [0.717, 1.165) is 32.1 Å². The zero-order valence-corrected chi connectivity index (χ0v) is 14.9. The molecule has 0 saturated carbocycles. The van der Waals surface area contributed by atoms with Crippen LogP contribution in [0.1, 0.15) is 26.7 Å². The van der Waals surface area contributed by atoms with Crippen LogP contribution in [0.4, 0.5) is 0 Å². The van der Waals surface area contributed by atoms with Crippen molar-refractivity contribution in [3.8, 4) is 0 Å². The van der Waals surface area contributed by atoms with Gasteiger partial charge >= 0.3 is 0 Å². The van der Waals surface area contributed by atoms with Crippen LogP contribution in [0.5, 0.6) is 0 Å². The molecule has 1 saturated heterocycles. The van der Waals surface area contributed by atoms with Crippen molar-refractivity contribution in [1.29, 1.82) is 0 Å². The maximum absolute atomic E-state index is 11.6. The van der Waals surface area contributed by atoms with Crippen molar-refractivity contribution < 1.29 is 14.3 Å². The number of carbonyl (C=O) groups is 1. The number of ether oxygens (including phenoxy) is 2. The van der Waals surface area contributed by atoms with Gasteiger partial charge in [-0.05, 0) is 20.3 Å². The molecular formula is C16H32N4O3. The first-order valence-electron chi connectivity index (χ1n) is 8.38. The first-order chi connectivity index (χ1) is 11.1. The quantitative estimate of drug-likeness (QED) is 0.365. The Kier molecular flexibility index (Phi) is 9.63. The Labute approximate surface area is 139 Å². The summed E-state index contributed by atoms with van der Waals surface area (Å²) in [5.74, 6) is 1.45. The van der Waals surface area contributed by atoms with Gasteiger partial charge in [-0.3, -0.25) is 9.79 Å². The molecule has 7 heteroatoms. The van der Waals surface area contributed by atoms with E-state index in [0.29, 0.717) is 32.1 Å². The molecule has 1 fully saturated rings. The fourth-order valence-electron chi connectivity index (χ4n) is 2.57. The summed E-state index contributed by atoms with van der Waals surface area (Å²) in [4.78, 5) is 18.2. The maximum atomic E-state index is 11.6. The van der Waals surface area contributed by atoms with Crippen molar-refractivity contribution in [3.05, 3.63) is 0 Å². The Morgan fingerprint density at radius 1 is 1.39 bits per heavy atom. The molecule has 0 aromatic rings. The number of nitrogens with zero attached hydrogens (tertiary/aromatic N) is 2. The average molecular weight is 328 g/mol. The molecular weight excluding hydrogens is 296 g/mol. The zero-order valence-electron chi connectivity index (χ0n) is 14.9. The van der Waals surface area contributed by atoms with Crippen LogP contribution in [0, 0.1) is 5.92 Å². The van der Waals surface area contributed by atoms with E-state index in [9.17, 15) is 4.79 Å². The van der Waals surface area contributed by atoms with E-state index < -0.39 is 0 Å². The molecule has 1 amide bonds. The summed E-state index contributed by atoms with van der Waals surface area (Å²) >= 11 is 0. The molecule has 1 heterocycles. The van der Waals surface area contributed by atoms with E-state index in [4.69, 9.17) is 9.47 Å². The van der Waals surface area contributed by atoms with E-state index in [1.54, 1.807) is 14.2 Å². The lowest BCUT2D eigenvalue weighted by Crippen LogP contribution is -2.42. The van der Waals surface area contributed by atoms with E-state index in [-0.39, 0.29) is 11.9 Å². The minimum atomic E-state index is 0.0637. The Morgan fingerprint density at radius 2 is 2.17 bits per heavy atom. The van der Waals surface area contributed by atoms with E-state index in [2.05, 4.69) is 20.5 Å². The monoisotopic (exact) mass is 328 g/mol. The number of nitrogens with one attached hydrogen (secondary N) is 2. The van der Waals surface area contributed by atoms with Gasteiger partial charge < -0.3 is 25.0 Å². The van der Waals surface area contributed by atoms with Crippen LogP contribution < -0.4 is 10.6 Å². The number of aliphatic imine (C=N–C) groups is 1. The number of carbonyl (C=O) groups excluding carboxylic acids is 1. The highest BCUT2D eigenvalue weighted by molar-refractivity contribution is 5.81. The van der Waals surface area contributed by atoms with Gasteiger partial charge in [0, 0.05) is 52.2 Å². The summed E-state index contributed by atoms with van der Waals surface area (Å²) in [6.45, 7) is 8.46. The summed E-state index contributed by atoms with van der Waals surface area (Å²) in [6, 6.07) is 0.180. The summed E-state index contributed by atoms with van der Waals surface area (Å²) in [7, 11) is 3.46. The van der Waals surface area contributed by atoms with Gasteiger partial charge in [-0.1, -0.05) is 0 Å². The van der Waals surface area contributed by atoms with Crippen molar-refractivity contribution in [2.24, 2.45) is 10.9 Å². The molecule has 0 radical (unpaired) electrons. The summed E-state index contributed by atoms with van der Waals surface area (Å²) < 4.78 is 10.6. The molecule has 2 N–H and O–H groups in total. The number of hydrogen-bond donors (Lipinski definition) is 2. The fourth-order valence-corrected chi connectivity index (χ4v) is 2.57. The fraction of sp³-hybridized carbons (Fsp3) is 0.875. The van der Waals surface area contributed by atoms with E-state index >= 15 is 0 Å². The number of hydrogen-bond acceptors (Lipinski definition) is 4. The Balaban J connectivity index is 2.24. The molecule has 1 rings (SSSR count). The molecule has 0 bridgehead atoms. The summed E-state index contributed by atoms with van der Waals surface area (Å²) in [5.41, 5.74) is 0. The van der Waals surface area contributed by atoms with Crippen LogP contribution in [0.3, 0.4) is 0 Å². The van der Waals surface area contributed by atoms with Gasteiger partial charge in [0.25, 0.3) is 0 Å². The second kappa shape index (κ2) is 11.2. The van der Waals surface area contributed by atoms with Gasteiger partial charge in [-0.25, -0.2) is 0 Å². The molecule has 0 aromatic heterocycles. The van der Waals surface area contributed by atoms with Crippen molar-refractivity contribution in [2.45, 2.75) is 32.7 Å². The number of rotatable bonds is 9. The van der Waals surface area contributed by atoms with Gasteiger partial charge in [0.15, 0.2) is 5.96 Å². The number of methoxy groups -OCH3 is 1. The Bertz CT molecular complexity index is 374. The molecule has 0 spiro atoms. The van der Waals surface area contributed by atoms with Crippen LogP contribution in [-0.4, -0.2) is 76.4 Å². The Morgan fingerprint density at radius 3 is 2.83 bits per heavy atom. The lowest BCUT2D eigenvalue weighted by molar-refractivity contribution is -0.121. The lowest BCUT2D eigenvalue weighted by Gasteiger charge is -2.21. The average Bonchev–Trinajstić information content (AvgIpc) is 2.96. The predicted octanol–water partition coefficient (Wildman–Crippen LogP) is 0.461. The van der Waals surface area contributed by atoms with Gasteiger partial charge in [0.2, 0.25) is 5.91 Å². The van der Waals surface area contributed by atoms with Crippen molar-refractivity contribution in [2.75, 3.05) is 53.6 Å². The van der Waals surface area contributed by atoms with Crippen LogP contribution >= 0.6 is 0 Å². The smallest absolute Gasteiger partial charge is 0.221 e. The minimum Gasteiger partial charge on any atom is -0.382 e. The molecule has 134 valence electrons. The molecule has 7 nitrogen and oxygen atoms in total. The van der Waals surface area contributed by atoms with Gasteiger partial charge in [-0.2, -0.15) is 0 Å². The molecule has 1 atom stereocenters. The number of guanidine groups is 1. The van der Waals surface area contributed by atoms with Crippen LogP contribution in [-0.2, 0) is 14.3 Å². The van der Waals surface area contributed by atoms with E-state index in [1.807, 2.05) is 13.8 Å². The van der Waals surface area contributed by atoms with Crippen LogP contribution in [0.15, 0.2) is 4.99 Å². The van der Waals surface area contributed by atoms with Gasteiger partial charge in [0.1, 0.15) is 0 Å². The third-order valence-electron chi connectivity index (χ3n) is 3.67. The highest BCUT2D eigenvalue weighted by Gasteiger charge is 2.24. The molecule has 1 aliphatic heterocycles. The van der Waals surface area contributed by atoms with E-state index in [1.165, 1.54) is 0 Å². The second-order valence-electron chi connectivity index (χ2n) is 6.11. The molecule has 0 aliphatic carbocycles. The Hall–Kier alpha value is -1.34. The zero-order chi connectivity index (χ0) is 17.1.